The summed E-state index contributed by atoms with van der Waals surface area (Å²) in [4.78, 5) is 10.5. The Hall–Kier alpha value is -0.523. The molecule has 8 heavy (non-hydrogen) atoms. The minimum absolute atomic E-state index is 0.834. The predicted molar refractivity (Wildman–Crippen MR) is 22.9 cm³/mol. The van der Waals surface area contributed by atoms with E-state index in [0.717, 1.165) is 11.9 Å². The van der Waals surface area contributed by atoms with E-state index >= 15 is 0 Å². The van der Waals surface area contributed by atoms with Gasteiger partial charge < -0.3 is 4.98 Å². The summed E-state index contributed by atoms with van der Waals surface area (Å²) in [5, 5.41) is 0. The van der Waals surface area contributed by atoms with Gasteiger partial charge in [0.2, 0.25) is 5.91 Å². The zero-order valence-corrected chi connectivity index (χ0v) is 5.04. The van der Waals surface area contributed by atoms with Crippen molar-refractivity contribution >= 4 is 15.1 Å². The van der Waals surface area contributed by atoms with E-state index in [1.54, 1.807) is 0 Å². The minimum Gasteiger partial charge on any atom is -0.305 e. The Balaban J connectivity index is 3.55. The molecule has 0 aliphatic carbocycles. The molecule has 1 amide bonds. The van der Waals surface area contributed by atoms with Gasteiger partial charge in [-0.05, 0) is 0 Å². The second-order valence-corrected chi connectivity index (χ2v) is 2.42. The number of carbonyl (C=O) groups is 1. The van der Waals surface area contributed by atoms with E-state index in [1.165, 1.54) is 0 Å². The summed E-state index contributed by atoms with van der Waals surface area (Å²) in [6.07, 6.45) is 0. The van der Waals surface area contributed by atoms with Gasteiger partial charge in [-0.2, -0.15) is 0 Å². The number of carbonyl (C=O) groups excluding carboxylic acids is 1. The van der Waals surface area contributed by atoms with E-state index in [0.29, 0.717) is 0 Å². The summed E-state index contributed by atoms with van der Waals surface area (Å²) in [5.41, 5.74) is 0. The molecule has 0 aliphatic heterocycles. The Bertz CT molecular complexity index is 99.9. The van der Waals surface area contributed by atoms with Crippen molar-refractivity contribution in [1.29, 1.82) is 0 Å². The molecule has 0 aromatic heterocycles. The van der Waals surface area contributed by atoms with E-state index in [2.05, 4.69) is 0 Å². The van der Waals surface area contributed by atoms with Crippen molar-refractivity contribution in [2.45, 2.75) is 6.92 Å². The maximum Gasteiger partial charge on any atom is 0.754 e. The third-order valence-corrected chi connectivity index (χ3v) is 0.953. The van der Waals surface area contributed by atoms with Gasteiger partial charge in [-0.15, -0.1) is 0 Å². The summed E-state index contributed by atoms with van der Waals surface area (Å²) in [6, 6.07) is 0. The van der Waals surface area contributed by atoms with Crippen LogP contribution in [0, 0.1) is 0 Å². The lowest BCUT2D eigenvalue weighted by atomic mass is 10.8. The van der Waals surface area contributed by atoms with Crippen LogP contribution in [-0.4, -0.2) is 15.1 Å². The molecule has 0 spiro atoms. The monoisotopic (exact) mass is 143 g/mol. The molecule has 0 rings (SSSR count). The van der Waals surface area contributed by atoms with Gasteiger partial charge in [-0.3, -0.25) is 4.79 Å². The number of nitrogens with one attached hydrogen (secondary N) is 1. The molecule has 0 atom stereocenters. The fourth-order valence-corrected chi connectivity index (χ4v) is 0.599. The van der Waals surface area contributed by atoms with Crippen LogP contribution < -0.4 is 4.98 Å². The molecule has 6 heteroatoms. The number of hydrogen-bond acceptors (Lipinski definition) is 1. The lowest BCUT2D eigenvalue weighted by Gasteiger charge is -1.98. The normalized spacial score (nSPS) is 11.0. The molecule has 0 bridgehead atoms. The Morgan fingerprint density at radius 1 is 1.50 bits per heavy atom. The lowest BCUT2D eigenvalue weighted by Crippen LogP contribution is -2.41. The first kappa shape index (κ1) is 7.48. The van der Waals surface area contributed by atoms with Gasteiger partial charge in [-0.1, -0.05) is 0 Å². The first-order chi connectivity index (χ1) is 3.42. The van der Waals surface area contributed by atoms with Crippen LogP contribution in [0.2, 0.25) is 0 Å². The van der Waals surface area contributed by atoms with E-state index < -0.39 is 15.1 Å². The van der Waals surface area contributed by atoms with Crippen LogP contribution in [0.5, 0.6) is 0 Å². The van der Waals surface area contributed by atoms with Crippen LogP contribution in [0.25, 0.3) is 0 Å². The number of rotatable bonds is 1. The molecule has 2 nitrogen and oxygen atoms in total. The van der Waals surface area contributed by atoms with Crippen molar-refractivity contribution in [3.8, 4) is 0 Å². The van der Waals surface area contributed by atoms with E-state index in [9.17, 15) is 17.1 Å². The predicted octanol–water partition coefficient (Wildman–Crippen LogP) is 0.467. The topological polar surface area (TPSA) is 29.1 Å². The van der Waals surface area contributed by atoms with Gasteiger partial charge in [-0.25, -0.2) is 12.3 Å². The van der Waals surface area contributed by atoms with Crippen molar-refractivity contribution in [2.24, 2.45) is 0 Å². The highest BCUT2D eigenvalue weighted by molar-refractivity contribution is 6.58. The molecule has 1 N–H and O–H groups in total. The Morgan fingerprint density at radius 2 is 1.88 bits per heavy atom. The third kappa shape index (κ3) is 5.48. The van der Waals surface area contributed by atoms with Gasteiger partial charge >= 0.3 is 9.24 Å². The van der Waals surface area contributed by atoms with E-state index in [-0.39, 0.29) is 0 Å². The van der Waals surface area contributed by atoms with Crippen LogP contribution in [-0.2, 0) is 4.79 Å². The largest absolute Gasteiger partial charge is 0.754 e. The maximum atomic E-state index is 11.1. The Labute approximate surface area is 45.3 Å². The molecule has 0 aromatic carbocycles. The summed E-state index contributed by atoms with van der Waals surface area (Å²) >= 11 is 0. The van der Waals surface area contributed by atoms with Gasteiger partial charge in [0.1, 0.15) is 0 Å². The quantitative estimate of drug-likeness (QED) is 0.419. The van der Waals surface area contributed by atoms with Gasteiger partial charge in [0.05, 0.1) is 0 Å². The summed E-state index contributed by atoms with van der Waals surface area (Å²) in [6.45, 7) is 0.834. The first-order valence-electron chi connectivity index (χ1n) is 1.77. The Kier molecular flexibility index (Phi) is 2.02. The number of hydrogen-bond donors (Lipinski definition) is 1. The zero-order chi connectivity index (χ0) is 6.78. The smallest absolute Gasteiger partial charge is 0.305 e. The van der Waals surface area contributed by atoms with Crippen molar-refractivity contribution in [1.82, 2.24) is 4.98 Å². The van der Waals surface area contributed by atoms with Crippen LogP contribution in [0.15, 0.2) is 0 Å². The summed E-state index contributed by atoms with van der Waals surface area (Å²) in [5.74, 6) is -1.04. The van der Waals surface area contributed by atoms with Crippen molar-refractivity contribution < 1.29 is 17.1 Å². The molecular weight excluding hydrogens is 139 g/mol. The average Bonchev–Trinajstić information content (AvgIpc) is 1.21. The zero-order valence-electron chi connectivity index (χ0n) is 4.04. The van der Waals surface area contributed by atoms with Crippen molar-refractivity contribution in [2.75, 3.05) is 0 Å². The maximum absolute atomic E-state index is 11.1. The van der Waals surface area contributed by atoms with Gasteiger partial charge in [0.25, 0.3) is 0 Å². The third-order valence-electron chi connectivity index (χ3n) is 0.318. The van der Waals surface area contributed by atoms with Crippen molar-refractivity contribution in [3.63, 3.8) is 0 Å². The van der Waals surface area contributed by atoms with Crippen molar-refractivity contribution in [3.05, 3.63) is 0 Å². The molecule has 0 saturated carbocycles. The fraction of sp³-hybridized carbons (Fsp3) is 0.500. The molecule has 48 valence electrons. The van der Waals surface area contributed by atoms with Gasteiger partial charge in [0.15, 0.2) is 0 Å². The van der Waals surface area contributed by atoms with Crippen LogP contribution in [0.3, 0.4) is 0 Å². The molecule has 0 radical (unpaired) electrons. The molecule has 0 heterocycles. The van der Waals surface area contributed by atoms with Crippen LogP contribution in [0.4, 0.5) is 12.3 Å². The molecule has 0 aromatic rings. The Morgan fingerprint density at radius 3 is 1.88 bits per heavy atom. The van der Waals surface area contributed by atoms with Crippen LogP contribution >= 0.6 is 0 Å². The average molecular weight is 143 g/mol. The lowest BCUT2D eigenvalue weighted by molar-refractivity contribution is -0.117. The van der Waals surface area contributed by atoms with E-state index in [1.807, 2.05) is 0 Å². The first-order valence-corrected chi connectivity index (χ1v) is 3.40. The van der Waals surface area contributed by atoms with Crippen LogP contribution in [0.1, 0.15) is 6.92 Å². The minimum atomic E-state index is -5.82. The molecule has 0 saturated heterocycles. The van der Waals surface area contributed by atoms with E-state index in [4.69, 9.17) is 0 Å². The number of halogens is 3. The second kappa shape index (κ2) is 2.16. The number of amides is 1. The molecule has 0 unspecified atom stereocenters. The fourth-order valence-electron chi connectivity index (χ4n) is 0.200. The highest BCUT2D eigenvalue weighted by atomic mass is 28.5. The molecule has 0 aliphatic rings. The highest BCUT2D eigenvalue weighted by Gasteiger charge is 2.39. The summed E-state index contributed by atoms with van der Waals surface area (Å²) < 4.78 is 33.3. The molecular formula is C2H4F3NOSi. The second-order valence-electron chi connectivity index (χ2n) is 1.18. The SMILES string of the molecule is CC(=O)N[Si](F)(F)F. The standard InChI is InChI=1S/C2H4F3NOSi/c1-2(7)6-8(3,4)5/h1H3,(H,6,7). The highest BCUT2D eigenvalue weighted by Crippen LogP contribution is 2.01. The molecule has 0 fully saturated rings. The summed E-state index contributed by atoms with van der Waals surface area (Å²) in [7, 11) is -5.82. The van der Waals surface area contributed by atoms with Gasteiger partial charge in [0, 0.05) is 6.92 Å².